The number of aromatic nitrogens is 4. The fraction of sp³-hybridized carbons (Fsp3) is 0.333. The highest BCUT2D eigenvalue weighted by Crippen LogP contribution is 2.73. The molecule has 0 spiro atoms. The largest absolute Gasteiger partial charge is 0.480 e. The summed E-state index contributed by atoms with van der Waals surface area (Å²) in [5, 5.41) is 8.37. The number of amides is 2. The van der Waals surface area contributed by atoms with E-state index in [1.54, 1.807) is 26.1 Å². The number of nitrogens with one attached hydrogen (secondary N) is 3. The number of benzene rings is 1. The Balaban J connectivity index is 2.14. The van der Waals surface area contributed by atoms with E-state index >= 15 is 8.78 Å². The van der Waals surface area contributed by atoms with Gasteiger partial charge < -0.3 is 24.7 Å². The minimum absolute atomic E-state index is 0.0577. The zero-order valence-corrected chi connectivity index (χ0v) is 25.2. The molecule has 1 unspecified atom stereocenters. The van der Waals surface area contributed by atoms with Gasteiger partial charge in [0.15, 0.2) is 0 Å². The van der Waals surface area contributed by atoms with Crippen LogP contribution in [0.4, 0.5) is 26.7 Å². The van der Waals surface area contributed by atoms with Crippen LogP contribution in [0, 0.1) is 11.6 Å². The van der Waals surface area contributed by atoms with E-state index in [0.717, 1.165) is 23.1 Å². The molecule has 1 aromatic carbocycles. The predicted octanol–water partition coefficient (Wildman–Crippen LogP) is 3.79. The third-order valence-corrected chi connectivity index (χ3v) is 10.1. The number of H-pyrrole nitrogens is 2. The van der Waals surface area contributed by atoms with E-state index in [1.165, 1.54) is 26.3 Å². The molecule has 1 aliphatic heterocycles. The normalized spacial score (nSPS) is 17.7. The summed E-state index contributed by atoms with van der Waals surface area (Å²) in [6, 6.07) is 5.31. The molecule has 0 aliphatic carbocycles. The first kappa shape index (κ1) is 33.2. The highest BCUT2D eigenvalue weighted by Gasteiger charge is 2.51. The molecular formula is C27H27F5N6O6S. The average Bonchev–Trinajstić information content (AvgIpc) is 3.18. The van der Waals surface area contributed by atoms with E-state index in [-0.39, 0.29) is 21.5 Å². The monoisotopic (exact) mass is 658 g/mol. The summed E-state index contributed by atoms with van der Waals surface area (Å²) < 4.78 is 82.1. The number of ether oxygens (including phenoxy) is 2. The van der Waals surface area contributed by atoms with E-state index in [1.807, 2.05) is 4.98 Å². The summed E-state index contributed by atoms with van der Waals surface area (Å²) in [5.41, 5.74) is -4.72. The summed E-state index contributed by atoms with van der Waals surface area (Å²) in [5.74, 6) is -5.63. The summed E-state index contributed by atoms with van der Waals surface area (Å²) in [7, 11) is -1.27. The molecule has 18 heteroatoms. The zero-order valence-electron chi connectivity index (χ0n) is 24.4. The molecule has 3 aromatic rings. The van der Waals surface area contributed by atoms with Crippen molar-refractivity contribution in [3.63, 3.8) is 0 Å². The number of rotatable bonds is 7. The van der Waals surface area contributed by atoms with Gasteiger partial charge in [-0.1, -0.05) is 6.07 Å². The number of aromatic amines is 2. The molecule has 3 heterocycles. The highest BCUT2D eigenvalue weighted by molar-refractivity contribution is 8.36. The minimum atomic E-state index is -5.48. The topological polar surface area (TPSA) is 159 Å². The van der Waals surface area contributed by atoms with Crippen LogP contribution in [0.2, 0.25) is 0 Å². The number of alkyl halides is 3. The zero-order chi connectivity index (χ0) is 33.5. The number of carbonyl (C=O) groups is 2. The molecule has 4 rings (SSSR count). The van der Waals surface area contributed by atoms with Gasteiger partial charge in [-0.3, -0.25) is 14.6 Å². The van der Waals surface area contributed by atoms with Crippen LogP contribution in [0.15, 0.2) is 55.0 Å². The van der Waals surface area contributed by atoms with E-state index in [0.29, 0.717) is 0 Å². The van der Waals surface area contributed by atoms with Crippen LogP contribution in [-0.4, -0.2) is 69.5 Å². The lowest BCUT2D eigenvalue weighted by Crippen LogP contribution is -2.39. The summed E-state index contributed by atoms with van der Waals surface area (Å²) in [4.78, 5) is 56.8. The van der Waals surface area contributed by atoms with Crippen molar-refractivity contribution in [2.24, 2.45) is 0 Å². The van der Waals surface area contributed by atoms with Gasteiger partial charge in [-0.15, -0.1) is 20.2 Å². The maximum Gasteiger partial charge on any atom is 0.471 e. The van der Waals surface area contributed by atoms with E-state index in [4.69, 9.17) is 9.47 Å². The Bertz CT molecular complexity index is 1780. The van der Waals surface area contributed by atoms with Crippen LogP contribution in [-0.2, 0) is 15.3 Å². The van der Waals surface area contributed by atoms with Gasteiger partial charge >= 0.3 is 23.9 Å². The molecule has 242 valence electrons. The number of carbonyl (C=O) groups excluding carboxylic acids is 2. The first-order valence-corrected chi connectivity index (χ1v) is 14.7. The van der Waals surface area contributed by atoms with Crippen LogP contribution in [0.3, 0.4) is 0 Å². The number of hydrogen-bond donors (Lipinski definition) is 3. The Hall–Kier alpha value is -4.74. The lowest BCUT2D eigenvalue weighted by Gasteiger charge is -2.38. The van der Waals surface area contributed by atoms with Gasteiger partial charge in [-0.2, -0.15) is 13.2 Å². The van der Waals surface area contributed by atoms with Gasteiger partial charge in [-0.05, 0) is 39.0 Å². The van der Waals surface area contributed by atoms with Gasteiger partial charge in [0.25, 0.3) is 5.56 Å². The minimum Gasteiger partial charge on any atom is -0.480 e. The van der Waals surface area contributed by atoms with Gasteiger partial charge in [0.05, 0.1) is 29.3 Å². The van der Waals surface area contributed by atoms with Crippen molar-refractivity contribution in [3.8, 4) is 5.88 Å². The second-order valence-electron chi connectivity index (χ2n) is 10.7. The predicted molar refractivity (Wildman–Crippen MR) is 150 cm³/mol. The SMILES string of the molecule is COc1ccc(S2(Cc3c(F)cccc3F)C(NC(=O)C(F)(F)F)=C(CN(C)C(=O)OC(C)(C)C)c3c2[nH]c(=O)[nH]c3=O)nn1. The van der Waals surface area contributed by atoms with Crippen molar-refractivity contribution in [3.05, 3.63) is 79.0 Å². The number of likely N-dealkylation sites (N-methyl/N-ethyl adjacent to an activating group) is 1. The molecule has 0 saturated heterocycles. The molecule has 0 bridgehead atoms. The average molecular weight is 659 g/mol. The maximum atomic E-state index is 15.2. The molecular weight excluding hydrogens is 631 g/mol. The number of nitrogens with zero attached hydrogens (tertiary/aromatic N) is 3. The Morgan fingerprint density at radius 1 is 1.02 bits per heavy atom. The second kappa shape index (κ2) is 12.0. The first-order chi connectivity index (χ1) is 20.9. The van der Waals surface area contributed by atoms with Crippen LogP contribution >= 0.6 is 10.0 Å². The summed E-state index contributed by atoms with van der Waals surface area (Å²) >= 11 is 0. The van der Waals surface area contributed by atoms with Gasteiger partial charge in [0.2, 0.25) is 5.88 Å². The summed E-state index contributed by atoms with van der Waals surface area (Å²) in [6.07, 6.45) is -6.44. The van der Waals surface area contributed by atoms with Crippen LogP contribution < -0.4 is 21.3 Å². The van der Waals surface area contributed by atoms with Crippen molar-refractivity contribution in [2.75, 3.05) is 20.7 Å². The number of hydrogen-bond acceptors (Lipinski definition) is 8. The number of methoxy groups -OCH3 is 1. The Morgan fingerprint density at radius 3 is 2.20 bits per heavy atom. The van der Waals surface area contributed by atoms with Crippen molar-refractivity contribution < 1.29 is 41.0 Å². The number of halogens is 5. The molecule has 1 atom stereocenters. The fourth-order valence-corrected chi connectivity index (χ4v) is 8.41. The van der Waals surface area contributed by atoms with Crippen molar-refractivity contribution in [1.29, 1.82) is 0 Å². The Labute approximate surface area is 253 Å². The van der Waals surface area contributed by atoms with Crippen LogP contribution in [0.1, 0.15) is 31.9 Å². The molecule has 12 nitrogen and oxygen atoms in total. The van der Waals surface area contributed by atoms with E-state index in [9.17, 15) is 32.3 Å². The maximum absolute atomic E-state index is 15.2. The second-order valence-corrected chi connectivity index (χ2v) is 13.7. The molecule has 0 saturated carbocycles. The fourth-order valence-electron chi connectivity index (χ4n) is 4.47. The van der Waals surface area contributed by atoms with Crippen molar-refractivity contribution in [1.82, 2.24) is 30.4 Å². The molecule has 45 heavy (non-hydrogen) atoms. The van der Waals surface area contributed by atoms with Crippen molar-refractivity contribution >= 4 is 27.6 Å². The van der Waals surface area contributed by atoms with Crippen LogP contribution in [0.25, 0.3) is 5.57 Å². The van der Waals surface area contributed by atoms with E-state index < -0.39 is 85.1 Å². The van der Waals surface area contributed by atoms with Gasteiger partial charge in [0.1, 0.15) is 22.3 Å². The molecule has 2 aromatic heterocycles. The molecule has 2 amide bonds. The molecule has 1 aliphatic rings. The van der Waals surface area contributed by atoms with E-state index in [2.05, 4.69) is 15.2 Å². The summed E-state index contributed by atoms with van der Waals surface area (Å²) in [6.45, 7) is 4.03. The standard InChI is InChI=1S/C27H27F5N6O6S/c1-26(2,3)44-25(42)38(4)11-13-19-20(39)33-24(41)35-22(19)45(18-10-9-17(43-5)36-37-18,21(13)34-23(40)27(30,31)32)12-14-15(28)7-6-8-16(14)29/h6-10H,11-12H2,1-5H3,(H,34,40)(H2,33,35,39,41). The third-order valence-electron chi connectivity index (χ3n) is 6.37. The Morgan fingerprint density at radius 2 is 1.67 bits per heavy atom. The molecule has 0 fully saturated rings. The molecule has 3 N–H and O–H groups in total. The number of fused-ring (bicyclic) bond motifs is 1. The van der Waals surface area contributed by atoms with Gasteiger partial charge in [0, 0.05) is 30.0 Å². The Kier molecular flexibility index (Phi) is 8.83. The first-order valence-electron chi connectivity index (χ1n) is 12.9. The van der Waals surface area contributed by atoms with Gasteiger partial charge in [-0.25, -0.2) is 18.4 Å². The lowest BCUT2D eigenvalue weighted by molar-refractivity contribution is -0.172. The quantitative estimate of drug-likeness (QED) is 0.256. The lowest BCUT2D eigenvalue weighted by atomic mass is 10.1. The van der Waals surface area contributed by atoms with Crippen molar-refractivity contribution in [2.45, 2.75) is 48.4 Å². The van der Waals surface area contributed by atoms with Crippen LogP contribution in [0.5, 0.6) is 5.88 Å². The smallest absolute Gasteiger partial charge is 0.471 e. The third kappa shape index (κ3) is 6.54. The molecule has 0 radical (unpaired) electrons. The highest BCUT2D eigenvalue weighted by atomic mass is 32.3.